The lowest BCUT2D eigenvalue weighted by Gasteiger charge is -2.11. The highest BCUT2D eigenvalue weighted by Gasteiger charge is 2.13. The van der Waals surface area contributed by atoms with Crippen molar-refractivity contribution in [1.29, 1.82) is 10.5 Å². The number of pyridine rings is 1. The Hall–Kier alpha value is -6.22. The number of phenols is 1. The molecule has 4 N–H and O–H groups in total. The quantitative estimate of drug-likeness (QED) is 0.0536. The normalized spacial score (nSPS) is 10.2. The molecule has 0 radical (unpaired) electrons. The Morgan fingerprint density at radius 1 is 0.677 bits per heavy atom. The molecule has 2 aromatic heterocycles. The van der Waals surface area contributed by atoms with E-state index in [1.54, 1.807) is 60.9 Å². The van der Waals surface area contributed by atoms with Crippen LogP contribution in [0.1, 0.15) is 74.5 Å². The van der Waals surface area contributed by atoms with Crippen LogP contribution >= 0.6 is 46.4 Å². The predicted molar refractivity (Wildman–Crippen MR) is 249 cm³/mol. The van der Waals surface area contributed by atoms with Gasteiger partial charge in [0.2, 0.25) is 5.82 Å². The van der Waals surface area contributed by atoms with Crippen molar-refractivity contribution >= 4 is 52.2 Å². The molecule has 0 saturated carbocycles. The Bertz CT molecular complexity index is 2440. The molecule has 0 bridgehead atoms. The summed E-state index contributed by atoms with van der Waals surface area (Å²) >= 11 is 23.6. The Kier molecular flexibility index (Phi) is 23.3. The molecular formula is C45H51Cl4N7O6. The zero-order chi connectivity index (χ0) is 44.4. The van der Waals surface area contributed by atoms with E-state index in [2.05, 4.69) is 20.3 Å². The molecule has 62 heavy (non-hydrogen) atoms. The topological polar surface area (TPSA) is 206 Å². The van der Waals surface area contributed by atoms with E-state index in [9.17, 15) is 0 Å². The average Bonchev–Trinajstić information content (AvgIpc) is 3.72. The Morgan fingerprint density at radius 2 is 1.15 bits per heavy atom. The fourth-order valence-corrected chi connectivity index (χ4v) is 5.36. The van der Waals surface area contributed by atoms with Crippen LogP contribution in [0.5, 0.6) is 23.0 Å². The highest BCUT2D eigenvalue weighted by Crippen LogP contribution is 2.31. The fourth-order valence-electron chi connectivity index (χ4n) is 4.51. The van der Waals surface area contributed by atoms with Gasteiger partial charge in [-0.3, -0.25) is 4.98 Å². The van der Waals surface area contributed by atoms with Crippen LogP contribution in [0, 0.1) is 22.7 Å². The SMILES string of the molecule is C.C.CC(C)Oc1ccc(-c2noc(-c3ccncc3)n2)cc1Cl.CC(C)Oc1ccc(/C(N)=N/O)cc1Cl.CC(C)Oc1ccc(C#N)cc1Cl.N#Cc1ccc(O)c(Cl)c1.[2HH]. The minimum Gasteiger partial charge on any atom is -0.506 e. The molecule has 0 saturated heterocycles. The van der Waals surface area contributed by atoms with Gasteiger partial charge in [0.05, 0.1) is 61.7 Å². The van der Waals surface area contributed by atoms with E-state index in [0.29, 0.717) is 60.7 Å². The number of nitrogens with zero attached hydrogens (tertiary/aromatic N) is 6. The van der Waals surface area contributed by atoms with Crippen LogP contribution < -0.4 is 19.9 Å². The highest BCUT2D eigenvalue weighted by molar-refractivity contribution is 6.33. The number of benzene rings is 4. The van der Waals surface area contributed by atoms with Crippen molar-refractivity contribution in [1.82, 2.24) is 15.1 Å². The summed E-state index contributed by atoms with van der Waals surface area (Å²) in [4.78, 5) is 8.34. The molecule has 0 amide bonds. The summed E-state index contributed by atoms with van der Waals surface area (Å²) < 4.78 is 21.7. The van der Waals surface area contributed by atoms with Crippen LogP contribution in [0.15, 0.2) is 107 Å². The van der Waals surface area contributed by atoms with Gasteiger partial charge in [0.15, 0.2) is 5.84 Å². The van der Waals surface area contributed by atoms with Crippen LogP contribution in [0.2, 0.25) is 20.1 Å². The maximum absolute atomic E-state index is 8.90. The number of phenolic OH excluding ortho intramolecular Hbond substituents is 1. The molecule has 6 aromatic rings. The van der Waals surface area contributed by atoms with Gasteiger partial charge in [-0.15, -0.1) is 0 Å². The number of oxime groups is 1. The van der Waals surface area contributed by atoms with Gasteiger partial charge < -0.3 is 34.8 Å². The van der Waals surface area contributed by atoms with Crippen molar-refractivity contribution in [2.45, 2.75) is 74.7 Å². The Balaban J connectivity index is 0.000000835. The van der Waals surface area contributed by atoms with Gasteiger partial charge in [-0.25, -0.2) is 0 Å². The van der Waals surface area contributed by atoms with Gasteiger partial charge in [-0.2, -0.15) is 15.5 Å². The number of rotatable bonds is 9. The number of hydrogen-bond donors (Lipinski definition) is 3. The standard InChI is InChI=1S/C16H14ClN3O2.C10H13ClN2O2.C10H10ClNO.C7H4ClNO.2CH4.H2/c1-10(2)21-14-4-3-12(9-13(14)17)15-19-16(22-20-15)11-5-7-18-8-6-11;1-6(2)15-9-4-3-7(5-8(9)11)10(12)13-14;1-7(2)13-10-4-3-8(6-12)5-9(10)11;8-6-3-5(4-9)1-2-7(6)10;;;/h3-10H,1-2H3;3-6,14H,1-2H3,(H2,12,13);3-5,7H,1-2H3;1-3,10H;2*1H4;1H/i;;;;;;1+1. The van der Waals surface area contributed by atoms with E-state index >= 15 is 0 Å². The van der Waals surface area contributed by atoms with Crippen molar-refractivity contribution in [3.63, 3.8) is 0 Å². The van der Waals surface area contributed by atoms with E-state index in [1.807, 2.05) is 71.9 Å². The molecule has 0 aliphatic carbocycles. The van der Waals surface area contributed by atoms with E-state index in [1.165, 1.54) is 18.2 Å². The zero-order valence-corrected chi connectivity index (χ0v) is 36.3. The van der Waals surface area contributed by atoms with Crippen LogP contribution in [0.3, 0.4) is 0 Å². The number of halogens is 4. The van der Waals surface area contributed by atoms with E-state index in [4.69, 9.17) is 91.7 Å². The summed E-state index contributed by atoms with van der Waals surface area (Å²) in [7, 11) is 0. The second-order valence-corrected chi connectivity index (χ2v) is 14.6. The number of nitrogens with two attached hydrogens (primary N) is 1. The third kappa shape index (κ3) is 17.4. The van der Waals surface area contributed by atoms with Crippen molar-refractivity contribution < 1.29 is 30.5 Å². The maximum atomic E-state index is 8.90. The van der Waals surface area contributed by atoms with Crippen molar-refractivity contribution in [2.24, 2.45) is 10.9 Å². The van der Waals surface area contributed by atoms with E-state index < -0.39 is 0 Å². The minimum atomic E-state index is 0. The number of aromatic nitrogens is 3. The molecule has 0 atom stereocenters. The summed E-state index contributed by atoms with van der Waals surface area (Å²) in [5, 5.41) is 42.8. The van der Waals surface area contributed by atoms with Gasteiger partial charge >= 0.3 is 0 Å². The molecule has 0 aliphatic rings. The lowest BCUT2D eigenvalue weighted by molar-refractivity contribution is 0.242. The maximum Gasteiger partial charge on any atom is 0.258 e. The molecule has 0 fully saturated rings. The smallest absolute Gasteiger partial charge is 0.258 e. The first-order chi connectivity index (χ1) is 28.5. The molecule has 0 unspecified atom stereocenters. The van der Waals surface area contributed by atoms with E-state index in [-0.39, 0.29) is 51.2 Å². The summed E-state index contributed by atoms with van der Waals surface area (Å²) in [6, 6.07) is 27.2. The van der Waals surface area contributed by atoms with Crippen LogP contribution in [0.25, 0.3) is 22.8 Å². The molecule has 17 heteroatoms. The molecule has 330 valence electrons. The first-order valence-electron chi connectivity index (χ1n) is 17.9. The van der Waals surface area contributed by atoms with Crippen LogP contribution in [0.4, 0.5) is 0 Å². The first kappa shape index (κ1) is 53.8. The van der Waals surface area contributed by atoms with Gasteiger partial charge in [-0.1, -0.05) is 71.6 Å². The van der Waals surface area contributed by atoms with E-state index in [0.717, 1.165) is 11.1 Å². The number of nitriles is 2. The summed E-state index contributed by atoms with van der Waals surface area (Å²) in [5.74, 6) is 2.78. The predicted octanol–water partition coefficient (Wildman–Crippen LogP) is 12.9. The number of hydrogen-bond acceptors (Lipinski definition) is 12. The lowest BCUT2D eigenvalue weighted by atomic mass is 10.2. The molecule has 0 aliphatic heterocycles. The second-order valence-electron chi connectivity index (χ2n) is 13.0. The highest BCUT2D eigenvalue weighted by atomic mass is 35.5. The molecule has 4 aromatic carbocycles. The molecule has 2 heterocycles. The third-order valence-corrected chi connectivity index (χ3v) is 8.29. The van der Waals surface area contributed by atoms with Gasteiger partial charge in [0.25, 0.3) is 5.89 Å². The fraction of sp³-hybridized carbons (Fsp3) is 0.244. The monoisotopic (exact) mass is 926 g/mol. The minimum absolute atomic E-state index is 0. The largest absolute Gasteiger partial charge is 0.506 e. The Labute approximate surface area is 384 Å². The third-order valence-electron chi connectivity index (χ3n) is 7.10. The summed E-state index contributed by atoms with van der Waals surface area (Å²) in [6.07, 6.45) is 3.55. The van der Waals surface area contributed by atoms with Gasteiger partial charge in [0.1, 0.15) is 23.0 Å². The van der Waals surface area contributed by atoms with Gasteiger partial charge in [-0.05, 0) is 126 Å². The summed E-state index contributed by atoms with van der Waals surface area (Å²) in [6.45, 7) is 11.6. The van der Waals surface area contributed by atoms with Gasteiger partial charge in [0, 0.05) is 30.5 Å². The molecule has 0 spiro atoms. The zero-order valence-electron chi connectivity index (χ0n) is 33.3. The van der Waals surface area contributed by atoms with Crippen LogP contribution in [-0.4, -0.2) is 49.6 Å². The lowest BCUT2D eigenvalue weighted by Crippen LogP contribution is -2.13. The van der Waals surface area contributed by atoms with Crippen LogP contribution in [-0.2, 0) is 0 Å². The number of ether oxygens (including phenoxy) is 3. The second kappa shape index (κ2) is 26.9. The number of amidine groups is 1. The number of aromatic hydroxyl groups is 1. The average molecular weight is 929 g/mol. The Morgan fingerprint density at radius 3 is 1.60 bits per heavy atom. The molecule has 6 rings (SSSR count). The first-order valence-corrected chi connectivity index (χ1v) is 19.5. The molecule has 13 nitrogen and oxygen atoms in total. The van der Waals surface area contributed by atoms with Crippen molar-refractivity contribution in [3.8, 4) is 58.0 Å². The van der Waals surface area contributed by atoms with Crippen molar-refractivity contribution in [2.75, 3.05) is 0 Å². The molecular weight excluding hydrogens is 876 g/mol. The summed E-state index contributed by atoms with van der Waals surface area (Å²) in [5.41, 5.74) is 8.55. The van der Waals surface area contributed by atoms with Crippen molar-refractivity contribution in [3.05, 3.63) is 134 Å².